The summed E-state index contributed by atoms with van der Waals surface area (Å²) in [6, 6.07) is 2.63. The molecule has 1 aromatic heterocycles. The van der Waals surface area contributed by atoms with Crippen LogP contribution in [0.1, 0.15) is 32.9 Å². The molecule has 2 aromatic rings. The van der Waals surface area contributed by atoms with Crippen LogP contribution in [0.3, 0.4) is 0 Å². The number of anilines is 1. The lowest BCUT2D eigenvalue weighted by Gasteiger charge is -2.08. The highest BCUT2D eigenvalue weighted by Gasteiger charge is 2.13. The van der Waals surface area contributed by atoms with Crippen molar-refractivity contribution in [3.63, 3.8) is 0 Å². The van der Waals surface area contributed by atoms with Gasteiger partial charge in [-0.15, -0.1) is 0 Å². The normalized spacial score (nSPS) is 10.6. The molecule has 3 N–H and O–H groups in total. The molecular weight excluding hydrogens is 261 g/mol. The lowest BCUT2D eigenvalue weighted by molar-refractivity contribution is 0.0950. The number of nitrogens with two attached hydrogens (primary N) is 1. The van der Waals surface area contributed by atoms with Gasteiger partial charge in [-0.05, 0) is 32.9 Å². The zero-order valence-corrected chi connectivity index (χ0v) is 11.6. The Morgan fingerprint density at radius 2 is 2.10 bits per heavy atom. The van der Waals surface area contributed by atoms with Crippen LogP contribution in [-0.2, 0) is 6.54 Å². The predicted molar refractivity (Wildman–Crippen MR) is 72.7 cm³/mol. The second kappa shape index (κ2) is 5.32. The number of nitrogens with zero attached hydrogens (tertiary/aromatic N) is 1. The third-order valence-electron chi connectivity index (χ3n) is 3.25. The minimum absolute atomic E-state index is 0.192. The first kappa shape index (κ1) is 14.0. The molecule has 0 aliphatic heterocycles. The Kier molecular flexibility index (Phi) is 3.74. The molecule has 0 aliphatic carbocycles. The first-order chi connectivity index (χ1) is 9.40. The minimum Gasteiger partial charge on any atom is -0.398 e. The van der Waals surface area contributed by atoms with Crippen molar-refractivity contribution in [2.24, 2.45) is 0 Å². The first-order valence-electron chi connectivity index (χ1n) is 6.15. The monoisotopic (exact) mass is 277 g/mol. The van der Waals surface area contributed by atoms with Gasteiger partial charge in [0.25, 0.3) is 5.91 Å². The Balaban J connectivity index is 2.13. The third kappa shape index (κ3) is 2.64. The van der Waals surface area contributed by atoms with Crippen LogP contribution in [-0.4, -0.2) is 11.1 Å². The fraction of sp³-hybridized carbons (Fsp3) is 0.286. The lowest BCUT2D eigenvalue weighted by Crippen LogP contribution is -2.23. The Bertz CT molecular complexity index is 622. The number of amides is 1. The van der Waals surface area contributed by atoms with Crippen LogP contribution in [0.2, 0.25) is 0 Å². The van der Waals surface area contributed by atoms with Gasteiger partial charge in [-0.3, -0.25) is 4.79 Å². The number of carbonyl (C=O) groups excluding carboxylic acids is 1. The highest BCUT2D eigenvalue weighted by atomic mass is 19.1. The van der Waals surface area contributed by atoms with Crippen LogP contribution in [0.5, 0.6) is 0 Å². The van der Waals surface area contributed by atoms with E-state index in [9.17, 15) is 9.18 Å². The van der Waals surface area contributed by atoms with E-state index in [2.05, 4.69) is 10.5 Å². The van der Waals surface area contributed by atoms with E-state index in [4.69, 9.17) is 10.3 Å². The van der Waals surface area contributed by atoms with Crippen molar-refractivity contribution in [3.8, 4) is 0 Å². The fourth-order valence-corrected chi connectivity index (χ4v) is 1.86. The molecule has 0 aliphatic rings. The molecule has 20 heavy (non-hydrogen) atoms. The summed E-state index contributed by atoms with van der Waals surface area (Å²) in [6.07, 6.45) is 0. The topological polar surface area (TPSA) is 81.2 Å². The van der Waals surface area contributed by atoms with Crippen molar-refractivity contribution in [2.75, 3.05) is 5.73 Å². The maximum Gasteiger partial charge on any atom is 0.251 e. The Hall–Kier alpha value is -2.37. The molecule has 0 saturated heterocycles. The van der Waals surface area contributed by atoms with Gasteiger partial charge in [-0.25, -0.2) is 4.39 Å². The molecule has 5 nitrogen and oxygen atoms in total. The van der Waals surface area contributed by atoms with E-state index < -0.39 is 11.7 Å². The molecule has 0 saturated carbocycles. The molecule has 1 heterocycles. The van der Waals surface area contributed by atoms with Crippen LogP contribution in [0.25, 0.3) is 0 Å². The second-order valence-electron chi connectivity index (χ2n) is 4.66. The van der Waals surface area contributed by atoms with Gasteiger partial charge in [0.2, 0.25) is 0 Å². The molecule has 0 spiro atoms. The van der Waals surface area contributed by atoms with Gasteiger partial charge in [0.15, 0.2) is 0 Å². The molecule has 0 radical (unpaired) electrons. The Morgan fingerprint density at radius 1 is 1.40 bits per heavy atom. The van der Waals surface area contributed by atoms with Gasteiger partial charge in [-0.1, -0.05) is 5.16 Å². The van der Waals surface area contributed by atoms with Crippen LogP contribution >= 0.6 is 0 Å². The number of halogens is 1. The predicted octanol–water partition coefficient (Wildman–Crippen LogP) is 2.25. The third-order valence-corrected chi connectivity index (χ3v) is 3.25. The molecule has 0 unspecified atom stereocenters. The van der Waals surface area contributed by atoms with Crippen LogP contribution < -0.4 is 11.1 Å². The number of rotatable bonds is 3. The number of nitrogens with one attached hydrogen (secondary N) is 1. The molecule has 106 valence electrons. The van der Waals surface area contributed by atoms with Gasteiger partial charge >= 0.3 is 0 Å². The van der Waals surface area contributed by atoms with Crippen LogP contribution in [0.15, 0.2) is 16.7 Å². The fourth-order valence-electron chi connectivity index (χ4n) is 1.86. The van der Waals surface area contributed by atoms with Crippen molar-refractivity contribution in [2.45, 2.75) is 27.3 Å². The summed E-state index contributed by atoms with van der Waals surface area (Å²) in [6.45, 7) is 5.40. The second-order valence-corrected chi connectivity index (χ2v) is 4.66. The number of hydrogen-bond acceptors (Lipinski definition) is 4. The average molecular weight is 277 g/mol. The summed E-state index contributed by atoms with van der Waals surface area (Å²) >= 11 is 0. The van der Waals surface area contributed by atoms with E-state index >= 15 is 0 Å². The summed E-state index contributed by atoms with van der Waals surface area (Å²) in [5, 5.41) is 6.50. The zero-order chi connectivity index (χ0) is 14.9. The van der Waals surface area contributed by atoms with E-state index in [0.29, 0.717) is 11.3 Å². The molecular formula is C14H16FN3O2. The minimum atomic E-state index is -0.493. The molecule has 0 atom stereocenters. The molecule has 1 amide bonds. The Labute approximate surface area is 115 Å². The molecule has 1 aromatic carbocycles. The van der Waals surface area contributed by atoms with E-state index in [0.717, 1.165) is 11.3 Å². The summed E-state index contributed by atoms with van der Waals surface area (Å²) in [5.41, 5.74) is 7.98. The number of hydrogen-bond donors (Lipinski definition) is 2. The summed E-state index contributed by atoms with van der Waals surface area (Å²) in [4.78, 5) is 12.0. The zero-order valence-electron chi connectivity index (χ0n) is 11.6. The maximum absolute atomic E-state index is 13.6. The van der Waals surface area contributed by atoms with E-state index in [1.165, 1.54) is 12.1 Å². The van der Waals surface area contributed by atoms with Crippen molar-refractivity contribution in [1.82, 2.24) is 10.5 Å². The number of aromatic nitrogens is 1. The summed E-state index contributed by atoms with van der Waals surface area (Å²) < 4.78 is 18.6. The average Bonchev–Trinajstić information content (AvgIpc) is 2.72. The van der Waals surface area contributed by atoms with E-state index in [1.54, 1.807) is 20.8 Å². The first-order valence-corrected chi connectivity index (χ1v) is 6.15. The van der Waals surface area contributed by atoms with Gasteiger partial charge < -0.3 is 15.6 Å². The number of nitrogen functional groups attached to an aromatic ring is 1. The molecule has 2 rings (SSSR count). The van der Waals surface area contributed by atoms with E-state index in [1.807, 2.05) is 0 Å². The SMILES string of the molecule is Cc1noc(C)c1CNC(=O)c1cc(N)c(C)c(F)c1. The van der Waals surface area contributed by atoms with Crippen LogP contribution in [0.4, 0.5) is 10.1 Å². The molecule has 0 fully saturated rings. The van der Waals surface area contributed by atoms with Crippen molar-refractivity contribution < 1.29 is 13.7 Å². The molecule has 0 bridgehead atoms. The lowest BCUT2D eigenvalue weighted by atomic mass is 10.1. The summed E-state index contributed by atoms with van der Waals surface area (Å²) in [7, 11) is 0. The maximum atomic E-state index is 13.6. The van der Waals surface area contributed by atoms with E-state index in [-0.39, 0.29) is 17.8 Å². The van der Waals surface area contributed by atoms with Gasteiger partial charge in [0.05, 0.1) is 5.69 Å². The number of benzene rings is 1. The quantitative estimate of drug-likeness (QED) is 0.843. The Morgan fingerprint density at radius 3 is 2.65 bits per heavy atom. The summed E-state index contributed by atoms with van der Waals surface area (Å²) in [5.74, 6) is -0.236. The van der Waals surface area contributed by atoms with Gasteiger partial charge in [-0.2, -0.15) is 0 Å². The number of carbonyl (C=O) groups is 1. The highest BCUT2D eigenvalue weighted by Crippen LogP contribution is 2.18. The number of aryl methyl sites for hydroxylation is 2. The molecule has 6 heteroatoms. The van der Waals surface area contributed by atoms with Crippen molar-refractivity contribution >= 4 is 11.6 Å². The van der Waals surface area contributed by atoms with Gasteiger partial charge in [0.1, 0.15) is 11.6 Å². The smallest absolute Gasteiger partial charge is 0.251 e. The highest BCUT2D eigenvalue weighted by molar-refractivity contribution is 5.95. The van der Waals surface area contributed by atoms with Crippen molar-refractivity contribution in [1.29, 1.82) is 0 Å². The van der Waals surface area contributed by atoms with Crippen molar-refractivity contribution in [3.05, 3.63) is 46.1 Å². The standard InChI is InChI=1S/C14H16FN3O2/c1-7-12(15)4-10(5-13(7)16)14(19)17-6-11-8(2)18-20-9(11)3/h4-5H,6,16H2,1-3H3,(H,17,19). The largest absolute Gasteiger partial charge is 0.398 e. The van der Waals surface area contributed by atoms with Crippen LogP contribution in [0, 0.1) is 26.6 Å². The van der Waals surface area contributed by atoms with Gasteiger partial charge in [0, 0.05) is 28.9 Å².